The van der Waals surface area contributed by atoms with Gasteiger partial charge in [-0.25, -0.2) is 0 Å². The van der Waals surface area contributed by atoms with Crippen molar-refractivity contribution in [1.29, 1.82) is 0 Å². The summed E-state index contributed by atoms with van der Waals surface area (Å²) in [7, 11) is 0. The molecule has 2 aromatic carbocycles. The van der Waals surface area contributed by atoms with Gasteiger partial charge in [-0.3, -0.25) is 0 Å². The van der Waals surface area contributed by atoms with E-state index >= 15 is 0 Å². The van der Waals surface area contributed by atoms with Crippen molar-refractivity contribution in [3.05, 3.63) is 48.0 Å². The first-order valence-corrected chi connectivity index (χ1v) is 11.2. The van der Waals surface area contributed by atoms with Gasteiger partial charge < -0.3 is 13.9 Å². The molecule has 0 atom stereocenters. The third kappa shape index (κ3) is 6.44. The topological polar surface area (TPSA) is 31.6 Å². The smallest absolute Gasteiger partial charge is 0.488 e. The van der Waals surface area contributed by atoms with Crippen molar-refractivity contribution >= 4 is 11.0 Å². The first kappa shape index (κ1) is 24.0. The average molecular weight is 449 g/mol. The van der Waals surface area contributed by atoms with Gasteiger partial charge in [-0.15, -0.1) is 13.2 Å². The Bertz CT molecular complexity index is 1030. The van der Waals surface area contributed by atoms with Crippen molar-refractivity contribution in [3.8, 4) is 22.8 Å². The highest BCUT2D eigenvalue weighted by Crippen LogP contribution is 2.38. The highest BCUT2D eigenvalue weighted by Gasteiger charge is 2.33. The number of fused-ring (bicyclic) bond motifs is 1. The highest BCUT2D eigenvalue weighted by atomic mass is 19.4. The van der Waals surface area contributed by atoms with Crippen LogP contribution in [0.5, 0.6) is 11.5 Å². The third-order valence-corrected chi connectivity index (χ3v) is 5.34. The fraction of sp³-hybridized carbons (Fsp3) is 0.462. The summed E-state index contributed by atoms with van der Waals surface area (Å²) in [5.74, 6) is 0.741. The van der Waals surface area contributed by atoms with Crippen LogP contribution in [-0.4, -0.2) is 12.0 Å². The van der Waals surface area contributed by atoms with E-state index in [4.69, 9.17) is 9.15 Å². The second-order valence-electron chi connectivity index (χ2n) is 8.76. The van der Waals surface area contributed by atoms with Crippen molar-refractivity contribution in [2.45, 2.75) is 78.2 Å². The normalized spacial score (nSPS) is 12.3. The van der Waals surface area contributed by atoms with Crippen LogP contribution in [-0.2, 0) is 6.42 Å². The Morgan fingerprint density at radius 3 is 2.34 bits per heavy atom. The van der Waals surface area contributed by atoms with Gasteiger partial charge >= 0.3 is 6.36 Å². The number of rotatable bonds is 10. The van der Waals surface area contributed by atoms with Gasteiger partial charge in [0.1, 0.15) is 28.4 Å². The molecule has 32 heavy (non-hydrogen) atoms. The summed E-state index contributed by atoms with van der Waals surface area (Å²) in [6, 6.07) is 12.1. The summed E-state index contributed by atoms with van der Waals surface area (Å²) < 4.78 is 55.6. The molecule has 0 saturated carbocycles. The summed E-state index contributed by atoms with van der Waals surface area (Å²) in [5.41, 5.74) is 1.31. The lowest BCUT2D eigenvalue weighted by Crippen LogP contribution is -2.27. The number of alkyl halides is 3. The van der Waals surface area contributed by atoms with Crippen LogP contribution in [0.3, 0.4) is 0 Å². The average Bonchev–Trinajstić information content (AvgIpc) is 3.09. The molecule has 0 saturated heterocycles. The molecule has 3 nitrogen and oxygen atoms in total. The zero-order chi connectivity index (χ0) is 23.4. The predicted molar refractivity (Wildman–Crippen MR) is 121 cm³/mol. The second-order valence-corrected chi connectivity index (χ2v) is 8.76. The molecule has 0 unspecified atom stereocenters. The molecule has 0 aliphatic rings. The maximum absolute atomic E-state index is 13.1. The lowest BCUT2D eigenvalue weighted by Gasteiger charge is -2.25. The van der Waals surface area contributed by atoms with Crippen molar-refractivity contribution in [3.63, 3.8) is 0 Å². The zero-order valence-corrected chi connectivity index (χ0v) is 19.1. The molecular formula is C26H31F3O3. The Morgan fingerprint density at radius 1 is 0.875 bits per heavy atom. The van der Waals surface area contributed by atoms with E-state index in [1.54, 1.807) is 18.2 Å². The summed E-state index contributed by atoms with van der Waals surface area (Å²) in [5, 5.41) is 0.783. The number of hydrogen-bond donors (Lipinski definition) is 0. The molecule has 0 N–H and O–H groups in total. The van der Waals surface area contributed by atoms with Gasteiger partial charge in [0.25, 0.3) is 0 Å². The van der Waals surface area contributed by atoms with Crippen molar-refractivity contribution in [2.24, 2.45) is 0 Å². The molecule has 0 radical (unpaired) electrons. The molecular weight excluding hydrogens is 417 g/mol. The maximum Gasteiger partial charge on any atom is 0.573 e. The Labute approximate surface area is 187 Å². The second kappa shape index (κ2) is 9.88. The summed E-state index contributed by atoms with van der Waals surface area (Å²) >= 11 is 0. The summed E-state index contributed by atoms with van der Waals surface area (Å²) in [4.78, 5) is 0. The Hall–Kier alpha value is -2.63. The molecule has 6 heteroatoms. The van der Waals surface area contributed by atoms with Crippen molar-refractivity contribution in [1.82, 2.24) is 0 Å². The minimum absolute atomic E-state index is 0.244. The molecule has 1 aromatic heterocycles. The van der Waals surface area contributed by atoms with Gasteiger partial charge in [0.15, 0.2) is 0 Å². The van der Waals surface area contributed by atoms with Gasteiger partial charge in [-0.2, -0.15) is 0 Å². The molecule has 1 heterocycles. The molecule has 0 spiro atoms. The molecule has 0 amide bonds. The van der Waals surface area contributed by atoms with E-state index in [0.29, 0.717) is 23.5 Å². The van der Waals surface area contributed by atoms with Crippen LogP contribution in [0.4, 0.5) is 13.2 Å². The first-order valence-electron chi connectivity index (χ1n) is 11.2. The Morgan fingerprint density at radius 2 is 1.66 bits per heavy atom. The van der Waals surface area contributed by atoms with E-state index in [1.165, 1.54) is 6.07 Å². The van der Waals surface area contributed by atoms with Crippen LogP contribution in [0.25, 0.3) is 22.3 Å². The zero-order valence-electron chi connectivity index (χ0n) is 19.1. The largest absolute Gasteiger partial charge is 0.573 e. The number of hydrogen-bond acceptors (Lipinski definition) is 3. The Kier molecular flexibility index (Phi) is 7.42. The Balaban J connectivity index is 1.93. The minimum atomic E-state index is -4.78. The number of furan rings is 1. The molecule has 0 bridgehead atoms. The molecule has 3 aromatic rings. The third-order valence-electron chi connectivity index (χ3n) is 5.34. The van der Waals surface area contributed by atoms with Gasteiger partial charge in [0.05, 0.1) is 5.56 Å². The van der Waals surface area contributed by atoms with Crippen molar-refractivity contribution in [2.75, 3.05) is 0 Å². The van der Waals surface area contributed by atoms with E-state index in [-0.39, 0.29) is 16.9 Å². The lowest BCUT2D eigenvalue weighted by molar-refractivity contribution is -0.274. The van der Waals surface area contributed by atoms with E-state index in [2.05, 4.69) is 18.6 Å². The number of aryl methyl sites for hydroxylation is 1. The van der Waals surface area contributed by atoms with Crippen LogP contribution >= 0.6 is 0 Å². The minimum Gasteiger partial charge on any atom is -0.488 e. The summed E-state index contributed by atoms with van der Waals surface area (Å²) in [6.45, 7) is 8.24. The van der Waals surface area contributed by atoms with Gasteiger partial charge in [0, 0.05) is 11.5 Å². The first-order chi connectivity index (χ1) is 15.1. The highest BCUT2D eigenvalue weighted by molar-refractivity contribution is 5.85. The van der Waals surface area contributed by atoms with E-state index < -0.39 is 6.36 Å². The monoisotopic (exact) mass is 448 g/mol. The summed E-state index contributed by atoms with van der Waals surface area (Å²) in [6.07, 6.45) is 0.812. The molecule has 0 fully saturated rings. The van der Waals surface area contributed by atoms with E-state index in [1.807, 2.05) is 32.0 Å². The number of halogens is 3. The van der Waals surface area contributed by atoms with Crippen LogP contribution < -0.4 is 9.47 Å². The van der Waals surface area contributed by atoms with E-state index in [9.17, 15) is 13.2 Å². The maximum atomic E-state index is 13.1. The fourth-order valence-corrected chi connectivity index (χ4v) is 3.89. The van der Waals surface area contributed by atoms with Gasteiger partial charge in [-0.05, 0) is 69.0 Å². The van der Waals surface area contributed by atoms with E-state index in [0.717, 1.165) is 43.1 Å². The van der Waals surface area contributed by atoms with Crippen molar-refractivity contribution < 1.29 is 27.1 Å². The number of unbranched alkanes of at least 4 members (excludes halogenated alkanes) is 2. The number of ether oxygens (including phenoxy) is 2. The fourth-order valence-electron chi connectivity index (χ4n) is 3.89. The van der Waals surface area contributed by atoms with Crippen LogP contribution in [0.1, 0.15) is 65.4 Å². The SMILES string of the molecule is CCCCCc1ccc(-c2cc3ccc(OC(C)(C)CCC)cc3o2)c(OC(F)(F)F)c1. The van der Waals surface area contributed by atoms with Crippen LogP contribution in [0, 0.1) is 0 Å². The number of benzene rings is 2. The molecule has 3 rings (SSSR count). The van der Waals surface area contributed by atoms with Gasteiger partial charge in [0.2, 0.25) is 0 Å². The lowest BCUT2D eigenvalue weighted by atomic mass is 10.0. The molecule has 0 aliphatic heterocycles. The van der Waals surface area contributed by atoms with Gasteiger partial charge in [-0.1, -0.05) is 39.2 Å². The predicted octanol–water partition coefficient (Wildman–Crippen LogP) is 8.69. The van der Waals surface area contributed by atoms with Crippen LogP contribution in [0.15, 0.2) is 46.9 Å². The quantitative estimate of drug-likeness (QED) is 0.291. The molecule has 0 aliphatic carbocycles. The van der Waals surface area contributed by atoms with Crippen LogP contribution in [0.2, 0.25) is 0 Å². The molecule has 174 valence electrons. The standard InChI is InChI=1S/C26H31F3O3/c1-5-7-8-9-18-10-13-21(24(15-18)32-26(27,28)29)23-16-19-11-12-20(17-22(19)30-23)31-25(3,4)14-6-2/h10-13,15-17H,5-9,14H2,1-4H3.